The number of nitrogens with zero attached hydrogens (tertiary/aromatic N) is 3. The van der Waals surface area contributed by atoms with Crippen LogP contribution in [0, 0.1) is 5.92 Å². The summed E-state index contributed by atoms with van der Waals surface area (Å²) in [5.41, 5.74) is 0. The molecule has 110 valence electrons. The zero-order chi connectivity index (χ0) is 13.2. The number of fused-ring (bicyclic) bond motifs is 1. The minimum atomic E-state index is 0.776. The molecule has 0 bridgehead atoms. The highest BCUT2D eigenvalue weighted by atomic mass is 15.3. The summed E-state index contributed by atoms with van der Waals surface area (Å²) in [6, 6.07) is 1.66. The first-order valence-corrected chi connectivity index (χ1v) is 8.46. The lowest BCUT2D eigenvalue weighted by molar-refractivity contribution is 0.0381. The van der Waals surface area contributed by atoms with Gasteiger partial charge in [-0.15, -0.1) is 0 Å². The van der Waals surface area contributed by atoms with Crippen LogP contribution in [0.2, 0.25) is 0 Å². The maximum Gasteiger partial charge on any atom is 0.0224 e. The molecule has 0 N–H and O–H groups in total. The Balaban J connectivity index is 1.49. The Kier molecular flexibility index (Phi) is 4.45. The fraction of sp³-hybridized carbons (Fsp3) is 1.00. The third-order valence-electron chi connectivity index (χ3n) is 5.71. The van der Waals surface area contributed by atoms with E-state index >= 15 is 0 Å². The van der Waals surface area contributed by atoms with Crippen molar-refractivity contribution in [3.05, 3.63) is 0 Å². The first-order chi connectivity index (χ1) is 9.26. The lowest BCUT2D eigenvalue weighted by atomic mass is 9.94. The molecule has 0 aromatic heterocycles. The van der Waals surface area contributed by atoms with Gasteiger partial charge in [0.1, 0.15) is 0 Å². The van der Waals surface area contributed by atoms with Gasteiger partial charge < -0.3 is 4.90 Å². The Morgan fingerprint density at radius 3 is 2.53 bits per heavy atom. The fourth-order valence-electron chi connectivity index (χ4n) is 4.32. The Hall–Kier alpha value is -0.120. The van der Waals surface area contributed by atoms with E-state index in [0.717, 1.165) is 18.0 Å². The van der Waals surface area contributed by atoms with Gasteiger partial charge in [0, 0.05) is 31.7 Å². The summed E-state index contributed by atoms with van der Waals surface area (Å²) in [5.74, 6) is 0.957. The molecule has 0 radical (unpaired) electrons. The van der Waals surface area contributed by atoms with Gasteiger partial charge >= 0.3 is 0 Å². The van der Waals surface area contributed by atoms with Gasteiger partial charge in [0.15, 0.2) is 0 Å². The Bertz CT molecular complexity index is 286. The molecule has 19 heavy (non-hydrogen) atoms. The number of piperazine rings is 1. The van der Waals surface area contributed by atoms with Crippen LogP contribution < -0.4 is 0 Å². The van der Waals surface area contributed by atoms with Gasteiger partial charge in [-0.3, -0.25) is 9.80 Å². The predicted octanol–water partition coefficient (Wildman–Crippen LogP) is 1.89. The van der Waals surface area contributed by atoms with Crippen LogP contribution in [0.4, 0.5) is 0 Å². The van der Waals surface area contributed by atoms with Crippen molar-refractivity contribution in [2.24, 2.45) is 5.92 Å². The van der Waals surface area contributed by atoms with Crippen LogP contribution in [0.1, 0.15) is 39.5 Å². The summed E-state index contributed by atoms with van der Waals surface area (Å²) < 4.78 is 0. The maximum atomic E-state index is 2.80. The molecule has 3 nitrogen and oxygen atoms in total. The summed E-state index contributed by atoms with van der Waals surface area (Å²) >= 11 is 0. The van der Waals surface area contributed by atoms with Gasteiger partial charge in [0.05, 0.1) is 0 Å². The minimum absolute atomic E-state index is 0.776. The van der Waals surface area contributed by atoms with Crippen molar-refractivity contribution in [1.29, 1.82) is 0 Å². The molecule has 0 aromatic carbocycles. The summed E-state index contributed by atoms with van der Waals surface area (Å²) in [5, 5.41) is 0. The minimum Gasteiger partial charge on any atom is -0.304 e. The van der Waals surface area contributed by atoms with E-state index in [9.17, 15) is 0 Å². The molecule has 0 saturated carbocycles. The van der Waals surface area contributed by atoms with Crippen LogP contribution in [0.15, 0.2) is 0 Å². The molecule has 3 fully saturated rings. The van der Waals surface area contributed by atoms with Gasteiger partial charge in [0.2, 0.25) is 0 Å². The molecule has 3 aliphatic rings. The van der Waals surface area contributed by atoms with Crippen LogP contribution >= 0.6 is 0 Å². The molecule has 0 aliphatic carbocycles. The summed E-state index contributed by atoms with van der Waals surface area (Å²) in [4.78, 5) is 8.15. The highest BCUT2D eigenvalue weighted by Crippen LogP contribution is 2.27. The van der Waals surface area contributed by atoms with Crippen molar-refractivity contribution in [1.82, 2.24) is 14.7 Å². The van der Waals surface area contributed by atoms with Crippen molar-refractivity contribution >= 4 is 0 Å². The molecule has 0 amide bonds. The molecule has 3 rings (SSSR count). The van der Waals surface area contributed by atoms with E-state index in [4.69, 9.17) is 0 Å². The van der Waals surface area contributed by atoms with Crippen molar-refractivity contribution in [2.45, 2.75) is 51.6 Å². The van der Waals surface area contributed by atoms with E-state index in [1.54, 1.807) is 0 Å². The number of hydrogen-bond donors (Lipinski definition) is 0. The number of piperidine rings is 1. The average Bonchev–Trinajstić information content (AvgIpc) is 2.87. The maximum absolute atomic E-state index is 2.80. The highest BCUT2D eigenvalue weighted by Gasteiger charge is 2.35. The summed E-state index contributed by atoms with van der Waals surface area (Å²) in [7, 11) is 0. The van der Waals surface area contributed by atoms with E-state index in [-0.39, 0.29) is 0 Å². The standard InChI is InChI=1S/C16H31N3/c1-3-17-9-6-15(7-10-17)12-19-13-16-5-4-8-18(16)11-14(19)2/h14-16H,3-13H2,1-2H3. The Morgan fingerprint density at radius 2 is 1.79 bits per heavy atom. The Morgan fingerprint density at radius 1 is 1.00 bits per heavy atom. The number of rotatable bonds is 3. The number of hydrogen-bond acceptors (Lipinski definition) is 3. The predicted molar refractivity (Wildman–Crippen MR) is 80.5 cm³/mol. The smallest absolute Gasteiger partial charge is 0.0224 e. The van der Waals surface area contributed by atoms with E-state index in [2.05, 4.69) is 28.5 Å². The molecule has 2 atom stereocenters. The van der Waals surface area contributed by atoms with E-state index in [0.29, 0.717) is 0 Å². The third kappa shape index (κ3) is 3.14. The van der Waals surface area contributed by atoms with Gasteiger partial charge in [-0.1, -0.05) is 6.92 Å². The SMILES string of the molecule is CCN1CCC(CN2CC3CCCN3CC2C)CC1. The molecule has 0 spiro atoms. The first-order valence-electron chi connectivity index (χ1n) is 8.46. The van der Waals surface area contributed by atoms with Gasteiger partial charge in [-0.25, -0.2) is 0 Å². The highest BCUT2D eigenvalue weighted by molar-refractivity contribution is 4.91. The zero-order valence-corrected chi connectivity index (χ0v) is 12.9. The topological polar surface area (TPSA) is 9.72 Å². The zero-order valence-electron chi connectivity index (χ0n) is 12.9. The molecule has 3 saturated heterocycles. The first kappa shape index (κ1) is 13.8. The van der Waals surface area contributed by atoms with E-state index in [1.807, 2.05) is 0 Å². The molecule has 3 aliphatic heterocycles. The Labute approximate surface area is 118 Å². The molecular formula is C16H31N3. The quantitative estimate of drug-likeness (QED) is 0.771. The lowest BCUT2D eigenvalue weighted by Crippen LogP contribution is -2.56. The van der Waals surface area contributed by atoms with Gasteiger partial charge in [0.25, 0.3) is 0 Å². The van der Waals surface area contributed by atoms with Crippen molar-refractivity contribution in [3.63, 3.8) is 0 Å². The van der Waals surface area contributed by atoms with Gasteiger partial charge in [-0.2, -0.15) is 0 Å². The second kappa shape index (κ2) is 6.11. The van der Waals surface area contributed by atoms with Crippen LogP contribution in [-0.4, -0.2) is 72.6 Å². The number of likely N-dealkylation sites (tertiary alicyclic amines) is 1. The normalized spacial score (nSPS) is 35.7. The molecule has 3 heteroatoms. The van der Waals surface area contributed by atoms with E-state index in [1.165, 1.54) is 71.5 Å². The van der Waals surface area contributed by atoms with Crippen LogP contribution in [0.25, 0.3) is 0 Å². The second-order valence-corrected chi connectivity index (χ2v) is 6.97. The summed E-state index contributed by atoms with van der Waals surface area (Å²) in [6.07, 6.45) is 5.72. The van der Waals surface area contributed by atoms with Crippen LogP contribution in [-0.2, 0) is 0 Å². The molecular weight excluding hydrogens is 234 g/mol. The third-order valence-corrected chi connectivity index (χ3v) is 5.71. The van der Waals surface area contributed by atoms with Crippen molar-refractivity contribution in [2.75, 3.05) is 45.8 Å². The average molecular weight is 265 g/mol. The second-order valence-electron chi connectivity index (χ2n) is 6.97. The van der Waals surface area contributed by atoms with Gasteiger partial charge in [-0.05, 0) is 64.7 Å². The van der Waals surface area contributed by atoms with Crippen LogP contribution in [0.5, 0.6) is 0 Å². The monoisotopic (exact) mass is 265 g/mol. The van der Waals surface area contributed by atoms with Crippen LogP contribution in [0.3, 0.4) is 0 Å². The fourth-order valence-corrected chi connectivity index (χ4v) is 4.32. The largest absolute Gasteiger partial charge is 0.304 e. The molecule has 2 unspecified atom stereocenters. The van der Waals surface area contributed by atoms with Crippen molar-refractivity contribution < 1.29 is 0 Å². The van der Waals surface area contributed by atoms with Crippen molar-refractivity contribution in [3.8, 4) is 0 Å². The molecule has 3 heterocycles. The summed E-state index contributed by atoms with van der Waals surface area (Å²) in [6.45, 7) is 14.0. The molecule has 0 aromatic rings. The van der Waals surface area contributed by atoms with E-state index < -0.39 is 0 Å². The lowest BCUT2D eigenvalue weighted by Gasteiger charge is -2.44.